The van der Waals surface area contributed by atoms with Crippen LogP contribution in [-0.2, 0) is 23.1 Å². The summed E-state index contributed by atoms with van der Waals surface area (Å²) in [6.07, 6.45) is 0. The molecule has 0 saturated heterocycles. The van der Waals surface area contributed by atoms with Crippen molar-refractivity contribution in [1.82, 2.24) is 9.71 Å². The molecule has 2 aromatic rings. The zero-order chi connectivity index (χ0) is 15.6. The molecule has 0 atom stereocenters. The average Bonchev–Trinajstić information content (AvgIpc) is 2.85. The maximum atomic E-state index is 13.7. The fourth-order valence-corrected chi connectivity index (χ4v) is 3.57. The molecule has 0 aliphatic carbocycles. The van der Waals surface area contributed by atoms with Crippen molar-refractivity contribution in [3.63, 3.8) is 0 Å². The number of halogens is 2. The molecule has 0 amide bonds. The monoisotopic (exact) mass is 333 g/mol. The highest BCUT2D eigenvalue weighted by Gasteiger charge is 2.23. The minimum atomic E-state index is -4.19. The number of benzene rings is 1. The van der Waals surface area contributed by atoms with E-state index in [1.54, 1.807) is 12.3 Å². The first-order valence-electron chi connectivity index (χ1n) is 5.92. The SMILES string of the molecule is Cc1csc(CNS(=O)(=O)c2cc(CN)cc(F)c2F)n1. The smallest absolute Gasteiger partial charge is 0.243 e. The molecule has 114 valence electrons. The van der Waals surface area contributed by atoms with Gasteiger partial charge in [-0.1, -0.05) is 0 Å². The Balaban J connectivity index is 2.29. The predicted octanol–water partition coefficient (Wildman–Crippen LogP) is 1.67. The van der Waals surface area contributed by atoms with Gasteiger partial charge in [-0.3, -0.25) is 0 Å². The Morgan fingerprint density at radius 1 is 1.38 bits per heavy atom. The average molecular weight is 333 g/mol. The second-order valence-corrected chi connectivity index (χ2v) is 6.98. The number of nitrogens with one attached hydrogen (secondary N) is 1. The summed E-state index contributed by atoms with van der Waals surface area (Å²) in [4.78, 5) is 3.33. The molecule has 0 saturated carbocycles. The van der Waals surface area contributed by atoms with Crippen LogP contribution in [0, 0.1) is 18.6 Å². The van der Waals surface area contributed by atoms with E-state index in [1.807, 2.05) is 0 Å². The molecular weight excluding hydrogens is 320 g/mol. The second-order valence-electron chi connectivity index (χ2n) is 4.30. The molecule has 0 fully saturated rings. The Morgan fingerprint density at radius 2 is 2.10 bits per heavy atom. The molecule has 0 aliphatic heterocycles. The molecule has 21 heavy (non-hydrogen) atoms. The number of hydrogen-bond acceptors (Lipinski definition) is 5. The van der Waals surface area contributed by atoms with Crippen molar-refractivity contribution in [2.45, 2.75) is 24.9 Å². The number of nitrogens with zero attached hydrogens (tertiary/aromatic N) is 1. The summed E-state index contributed by atoms with van der Waals surface area (Å²) in [7, 11) is -4.19. The lowest BCUT2D eigenvalue weighted by Gasteiger charge is -2.09. The standard InChI is InChI=1S/C12H13F2N3O2S2/c1-7-6-20-11(17-7)5-16-21(18,19)10-3-8(4-15)2-9(13)12(10)14/h2-3,6,16H,4-5,15H2,1H3. The van der Waals surface area contributed by atoms with Crippen LogP contribution in [0.4, 0.5) is 8.78 Å². The first-order valence-corrected chi connectivity index (χ1v) is 8.28. The Bertz CT molecular complexity index is 760. The number of nitrogens with two attached hydrogens (primary N) is 1. The van der Waals surface area contributed by atoms with Crippen molar-refractivity contribution in [2.75, 3.05) is 0 Å². The van der Waals surface area contributed by atoms with E-state index in [2.05, 4.69) is 9.71 Å². The number of aromatic nitrogens is 1. The first-order chi connectivity index (χ1) is 9.83. The number of thiazole rings is 1. The van der Waals surface area contributed by atoms with Gasteiger partial charge in [-0.25, -0.2) is 26.9 Å². The lowest BCUT2D eigenvalue weighted by atomic mass is 10.2. The largest absolute Gasteiger partial charge is 0.326 e. The molecule has 1 aromatic heterocycles. The molecule has 9 heteroatoms. The highest BCUT2D eigenvalue weighted by molar-refractivity contribution is 7.89. The fraction of sp³-hybridized carbons (Fsp3) is 0.250. The second kappa shape index (κ2) is 6.14. The molecule has 2 rings (SSSR count). The molecule has 1 aromatic carbocycles. The van der Waals surface area contributed by atoms with E-state index in [0.717, 1.165) is 17.8 Å². The van der Waals surface area contributed by atoms with Crippen LogP contribution in [0.3, 0.4) is 0 Å². The van der Waals surface area contributed by atoms with Gasteiger partial charge in [-0.15, -0.1) is 11.3 Å². The number of sulfonamides is 1. The normalized spacial score (nSPS) is 11.8. The van der Waals surface area contributed by atoms with Gasteiger partial charge < -0.3 is 5.73 Å². The van der Waals surface area contributed by atoms with Gasteiger partial charge in [0.05, 0.1) is 6.54 Å². The van der Waals surface area contributed by atoms with Gasteiger partial charge in [0.2, 0.25) is 10.0 Å². The molecule has 0 unspecified atom stereocenters. The van der Waals surface area contributed by atoms with Crippen molar-refractivity contribution in [3.05, 3.63) is 45.4 Å². The maximum Gasteiger partial charge on any atom is 0.243 e. The van der Waals surface area contributed by atoms with Crippen molar-refractivity contribution in [3.8, 4) is 0 Å². The minimum absolute atomic E-state index is 0.0885. The van der Waals surface area contributed by atoms with Gasteiger partial charge in [-0.05, 0) is 24.6 Å². The van der Waals surface area contributed by atoms with Crippen molar-refractivity contribution in [1.29, 1.82) is 0 Å². The predicted molar refractivity (Wildman–Crippen MR) is 75.1 cm³/mol. The topological polar surface area (TPSA) is 85.1 Å². The molecule has 3 N–H and O–H groups in total. The van der Waals surface area contributed by atoms with E-state index >= 15 is 0 Å². The quantitative estimate of drug-likeness (QED) is 0.871. The summed E-state index contributed by atoms with van der Waals surface area (Å²) in [5.74, 6) is -2.67. The number of hydrogen-bond donors (Lipinski definition) is 2. The summed E-state index contributed by atoms with van der Waals surface area (Å²) in [5.41, 5.74) is 6.29. The maximum absolute atomic E-state index is 13.7. The number of aryl methyl sites for hydroxylation is 1. The highest BCUT2D eigenvalue weighted by atomic mass is 32.2. The van der Waals surface area contributed by atoms with Crippen LogP contribution in [0.1, 0.15) is 16.3 Å². The van der Waals surface area contributed by atoms with Crippen LogP contribution in [0.2, 0.25) is 0 Å². The lowest BCUT2D eigenvalue weighted by molar-refractivity contribution is 0.481. The third-order valence-electron chi connectivity index (χ3n) is 2.66. The van der Waals surface area contributed by atoms with Gasteiger partial charge in [-0.2, -0.15) is 0 Å². The van der Waals surface area contributed by atoms with E-state index < -0.39 is 26.6 Å². The summed E-state index contributed by atoms with van der Waals surface area (Å²) in [6, 6.07) is 1.90. The number of rotatable bonds is 5. The third kappa shape index (κ3) is 3.62. The first kappa shape index (κ1) is 16.0. The summed E-state index contributed by atoms with van der Waals surface area (Å²) in [6.45, 7) is 1.59. The van der Waals surface area contributed by atoms with Crippen LogP contribution in [0.15, 0.2) is 22.4 Å². The third-order valence-corrected chi connectivity index (χ3v) is 5.03. The van der Waals surface area contributed by atoms with Crippen LogP contribution in [-0.4, -0.2) is 13.4 Å². The Labute approximate surface area is 124 Å². The molecule has 0 aliphatic rings. The molecule has 0 spiro atoms. The molecule has 0 radical (unpaired) electrons. The Hall–Kier alpha value is -1.42. The van der Waals surface area contributed by atoms with Gasteiger partial charge in [0.1, 0.15) is 9.90 Å². The van der Waals surface area contributed by atoms with Crippen LogP contribution >= 0.6 is 11.3 Å². The van der Waals surface area contributed by atoms with Crippen LogP contribution in [0.5, 0.6) is 0 Å². The van der Waals surface area contributed by atoms with Crippen molar-refractivity contribution in [2.24, 2.45) is 5.73 Å². The van der Waals surface area contributed by atoms with E-state index in [0.29, 0.717) is 5.01 Å². The van der Waals surface area contributed by atoms with E-state index in [1.165, 1.54) is 11.3 Å². The van der Waals surface area contributed by atoms with Crippen LogP contribution in [0.25, 0.3) is 0 Å². The Morgan fingerprint density at radius 3 is 2.67 bits per heavy atom. The Kier molecular flexibility index (Phi) is 4.67. The van der Waals surface area contributed by atoms with Crippen LogP contribution < -0.4 is 10.5 Å². The minimum Gasteiger partial charge on any atom is -0.326 e. The lowest BCUT2D eigenvalue weighted by Crippen LogP contribution is -2.25. The molecule has 0 bridgehead atoms. The van der Waals surface area contributed by atoms with Gasteiger partial charge in [0.25, 0.3) is 0 Å². The van der Waals surface area contributed by atoms with E-state index in [4.69, 9.17) is 5.73 Å². The van der Waals surface area contributed by atoms with Crippen molar-refractivity contribution < 1.29 is 17.2 Å². The van der Waals surface area contributed by atoms with E-state index in [-0.39, 0.29) is 18.7 Å². The van der Waals surface area contributed by atoms with Gasteiger partial charge in [0, 0.05) is 17.6 Å². The van der Waals surface area contributed by atoms with Gasteiger partial charge in [0.15, 0.2) is 11.6 Å². The highest BCUT2D eigenvalue weighted by Crippen LogP contribution is 2.20. The van der Waals surface area contributed by atoms with Gasteiger partial charge >= 0.3 is 0 Å². The summed E-state index contributed by atoms with van der Waals surface area (Å²) >= 11 is 1.27. The zero-order valence-corrected chi connectivity index (χ0v) is 12.7. The summed E-state index contributed by atoms with van der Waals surface area (Å²) < 4.78 is 53.4. The molecule has 5 nitrogen and oxygen atoms in total. The fourth-order valence-electron chi connectivity index (χ4n) is 1.65. The summed E-state index contributed by atoms with van der Waals surface area (Å²) in [5, 5.41) is 2.30. The molecular formula is C12H13F2N3O2S2. The zero-order valence-electron chi connectivity index (χ0n) is 11.1. The molecule has 1 heterocycles. The van der Waals surface area contributed by atoms with E-state index in [9.17, 15) is 17.2 Å². The van der Waals surface area contributed by atoms with Crippen molar-refractivity contribution >= 4 is 21.4 Å².